The molecule has 2 aromatic rings. The van der Waals surface area contributed by atoms with Crippen LogP contribution in [-0.2, 0) is 16.2 Å². The molecule has 1 fully saturated rings. The number of benzene rings is 2. The van der Waals surface area contributed by atoms with E-state index in [1.165, 1.54) is 0 Å². The molecule has 4 rings (SSSR count). The summed E-state index contributed by atoms with van der Waals surface area (Å²) in [7, 11) is 1.64. The molecule has 1 amide bonds. The standard InChI is InChI=1S/C18H17ClN2O2S/c1-23-14-4-2-3-12(9-14)11-21-16-6-5-13(19)10-15(16)18(17(21)22)20-7-8-24-18/h2-6,9-10,20H,7-8,11H2,1H3. The molecule has 1 atom stereocenters. The van der Waals surface area contributed by atoms with E-state index in [0.717, 1.165) is 34.9 Å². The molecule has 2 aromatic carbocycles. The Balaban J connectivity index is 1.75. The fourth-order valence-electron chi connectivity index (χ4n) is 3.34. The quantitative estimate of drug-likeness (QED) is 0.911. The predicted molar refractivity (Wildman–Crippen MR) is 97.8 cm³/mol. The van der Waals surface area contributed by atoms with Crippen molar-refractivity contribution in [3.8, 4) is 5.75 Å². The van der Waals surface area contributed by atoms with Crippen molar-refractivity contribution in [1.82, 2.24) is 5.32 Å². The van der Waals surface area contributed by atoms with Crippen LogP contribution in [0.2, 0.25) is 5.02 Å². The number of ether oxygens (including phenoxy) is 1. The van der Waals surface area contributed by atoms with Gasteiger partial charge in [-0.05, 0) is 35.9 Å². The average molecular weight is 361 g/mol. The van der Waals surface area contributed by atoms with Crippen molar-refractivity contribution >= 4 is 35.0 Å². The molecule has 0 saturated carbocycles. The lowest BCUT2D eigenvalue weighted by Gasteiger charge is -2.23. The maximum Gasteiger partial charge on any atom is 0.262 e. The number of carbonyl (C=O) groups is 1. The highest BCUT2D eigenvalue weighted by Crippen LogP contribution is 2.50. The molecule has 0 radical (unpaired) electrons. The van der Waals surface area contributed by atoms with Crippen LogP contribution in [-0.4, -0.2) is 25.3 Å². The summed E-state index contributed by atoms with van der Waals surface area (Å²) < 4.78 is 5.29. The monoisotopic (exact) mass is 360 g/mol. The van der Waals surface area contributed by atoms with Crippen LogP contribution < -0.4 is 15.0 Å². The molecule has 0 aliphatic carbocycles. The number of nitrogens with one attached hydrogen (secondary N) is 1. The Labute approximate surface area is 150 Å². The number of amides is 1. The van der Waals surface area contributed by atoms with Crippen LogP contribution in [0.1, 0.15) is 11.1 Å². The second-order valence-corrected chi connectivity index (χ2v) is 7.61. The summed E-state index contributed by atoms with van der Waals surface area (Å²) in [6.07, 6.45) is 0. The lowest BCUT2D eigenvalue weighted by atomic mass is 10.1. The summed E-state index contributed by atoms with van der Waals surface area (Å²) >= 11 is 7.84. The zero-order valence-electron chi connectivity index (χ0n) is 13.2. The van der Waals surface area contributed by atoms with Gasteiger partial charge in [-0.1, -0.05) is 23.7 Å². The van der Waals surface area contributed by atoms with Crippen LogP contribution in [0.15, 0.2) is 42.5 Å². The fourth-order valence-corrected chi connectivity index (χ4v) is 4.78. The summed E-state index contributed by atoms with van der Waals surface area (Å²) in [6, 6.07) is 13.5. The van der Waals surface area contributed by atoms with E-state index in [1.54, 1.807) is 18.9 Å². The number of thioether (sulfide) groups is 1. The highest BCUT2D eigenvalue weighted by atomic mass is 35.5. The third-order valence-corrected chi connectivity index (χ3v) is 6.06. The lowest BCUT2D eigenvalue weighted by Crippen LogP contribution is -2.44. The summed E-state index contributed by atoms with van der Waals surface area (Å²) in [6.45, 7) is 1.32. The van der Waals surface area contributed by atoms with E-state index in [4.69, 9.17) is 16.3 Å². The van der Waals surface area contributed by atoms with E-state index in [9.17, 15) is 4.79 Å². The molecule has 1 spiro atoms. The highest BCUT2D eigenvalue weighted by molar-refractivity contribution is 8.01. The number of hydrogen-bond donors (Lipinski definition) is 1. The van der Waals surface area contributed by atoms with Crippen LogP contribution in [0.3, 0.4) is 0 Å². The van der Waals surface area contributed by atoms with E-state index in [0.29, 0.717) is 11.6 Å². The molecular weight excluding hydrogens is 344 g/mol. The van der Waals surface area contributed by atoms with Gasteiger partial charge in [-0.3, -0.25) is 10.1 Å². The molecular formula is C18H17ClN2O2S. The van der Waals surface area contributed by atoms with Crippen molar-refractivity contribution < 1.29 is 9.53 Å². The second kappa shape index (κ2) is 5.99. The Bertz CT molecular complexity index is 805. The Hall–Kier alpha value is -1.69. The number of carbonyl (C=O) groups excluding carboxylic acids is 1. The minimum absolute atomic E-state index is 0.0742. The summed E-state index contributed by atoms with van der Waals surface area (Å²) in [5.74, 6) is 1.77. The van der Waals surface area contributed by atoms with Crippen LogP contribution in [0, 0.1) is 0 Å². The van der Waals surface area contributed by atoms with E-state index >= 15 is 0 Å². The number of methoxy groups -OCH3 is 1. The maximum absolute atomic E-state index is 13.2. The third-order valence-electron chi connectivity index (χ3n) is 4.44. The first-order chi connectivity index (χ1) is 11.6. The minimum atomic E-state index is -0.695. The molecule has 2 aliphatic heterocycles. The normalized spacial score (nSPS) is 22.2. The third kappa shape index (κ3) is 2.39. The second-order valence-electron chi connectivity index (χ2n) is 5.86. The Morgan fingerprint density at radius 2 is 2.21 bits per heavy atom. The van der Waals surface area contributed by atoms with Crippen LogP contribution in [0.4, 0.5) is 5.69 Å². The van der Waals surface area contributed by atoms with Crippen molar-refractivity contribution in [2.24, 2.45) is 0 Å². The van der Waals surface area contributed by atoms with Gasteiger partial charge in [0.1, 0.15) is 5.75 Å². The van der Waals surface area contributed by atoms with Gasteiger partial charge in [0.05, 0.1) is 19.3 Å². The number of hydrogen-bond acceptors (Lipinski definition) is 4. The summed E-state index contributed by atoms with van der Waals surface area (Å²) in [4.78, 5) is 14.4. The number of nitrogens with zero attached hydrogens (tertiary/aromatic N) is 1. The molecule has 124 valence electrons. The molecule has 4 nitrogen and oxygen atoms in total. The molecule has 0 bridgehead atoms. The number of anilines is 1. The smallest absolute Gasteiger partial charge is 0.262 e. The van der Waals surface area contributed by atoms with Crippen LogP contribution in [0.5, 0.6) is 5.75 Å². The minimum Gasteiger partial charge on any atom is -0.497 e. The van der Waals surface area contributed by atoms with E-state index in [1.807, 2.05) is 47.4 Å². The fraction of sp³-hybridized carbons (Fsp3) is 0.278. The zero-order chi connectivity index (χ0) is 16.7. The van der Waals surface area contributed by atoms with Crippen molar-refractivity contribution in [3.63, 3.8) is 0 Å². The van der Waals surface area contributed by atoms with Gasteiger partial charge < -0.3 is 9.64 Å². The van der Waals surface area contributed by atoms with E-state index < -0.39 is 4.87 Å². The van der Waals surface area contributed by atoms with Crippen LogP contribution in [0.25, 0.3) is 0 Å². The molecule has 1 unspecified atom stereocenters. The SMILES string of the molecule is COc1cccc(CN2C(=O)C3(NCCS3)c3cc(Cl)ccc32)c1. The van der Waals surface area contributed by atoms with Crippen LogP contribution >= 0.6 is 23.4 Å². The van der Waals surface area contributed by atoms with Gasteiger partial charge in [-0.25, -0.2) is 0 Å². The molecule has 2 aliphatic rings. The van der Waals surface area contributed by atoms with Crippen molar-refractivity contribution in [2.75, 3.05) is 24.3 Å². The molecule has 2 heterocycles. The van der Waals surface area contributed by atoms with E-state index in [2.05, 4.69) is 5.32 Å². The molecule has 1 saturated heterocycles. The van der Waals surface area contributed by atoms with Gasteiger partial charge in [-0.15, -0.1) is 11.8 Å². The van der Waals surface area contributed by atoms with Gasteiger partial charge in [0, 0.05) is 22.9 Å². The van der Waals surface area contributed by atoms with E-state index in [-0.39, 0.29) is 5.91 Å². The largest absolute Gasteiger partial charge is 0.497 e. The maximum atomic E-state index is 13.2. The topological polar surface area (TPSA) is 41.6 Å². The Kier molecular flexibility index (Phi) is 3.95. The van der Waals surface area contributed by atoms with Gasteiger partial charge in [0.25, 0.3) is 5.91 Å². The first-order valence-electron chi connectivity index (χ1n) is 7.78. The van der Waals surface area contributed by atoms with Crippen molar-refractivity contribution in [2.45, 2.75) is 11.4 Å². The summed E-state index contributed by atoms with van der Waals surface area (Å²) in [5, 5.41) is 4.04. The van der Waals surface area contributed by atoms with Gasteiger partial charge in [-0.2, -0.15) is 0 Å². The zero-order valence-corrected chi connectivity index (χ0v) is 14.8. The highest BCUT2D eigenvalue weighted by Gasteiger charge is 2.53. The predicted octanol–water partition coefficient (Wildman–Crippen LogP) is 3.38. The Morgan fingerprint density at radius 3 is 2.96 bits per heavy atom. The molecule has 24 heavy (non-hydrogen) atoms. The van der Waals surface area contributed by atoms with Gasteiger partial charge in [0.15, 0.2) is 4.87 Å². The number of fused-ring (bicyclic) bond motifs is 2. The van der Waals surface area contributed by atoms with Gasteiger partial charge in [0.2, 0.25) is 0 Å². The first kappa shape index (κ1) is 15.8. The molecule has 1 N–H and O–H groups in total. The summed E-state index contributed by atoms with van der Waals surface area (Å²) in [5.41, 5.74) is 2.92. The number of rotatable bonds is 3. The average Bonchev–Trinajstić information content (AvgIpc) is 3.17. The van der Waals surface area contributed by atoms with Crippen molar-refractivity contribution in [1.29, 1.82) is 0 Å². The first-order valence-corrected chi connectivity index (χ1v) is 9.14. The molecule has 6 heteroatoms. The lowest BCUT2D eigenvalue weighted by molar-refractivity contribution is -0.121. The molecule has 0 aromatic heterocycles. The van der Waals surface area contributed by atoms with Crippen molar-refractivity contribution in [3.05, 3.63) is 58.6 Å². The van der Waals surface area contributed by atoms with Gasteiger partial charge >= 0.3 is 0 Å². The Morgan fingerprint density at radius 1 is 1.33 bits per heavy atom. The number of halogens is 1.